The van der Waals surface area contributed by atoms with Crippen molar-refractivity contribution in [2.75, 3.05) is 46.3 Å². The highest BCUT2D eigenvalue weighted by Gasteiger charge is 2.18. The Bertz CT molecular complexity index is 141. The van der Waals surface area contributed by atoms with Crippen LogP contribution in [0.2, 0.25) is 0 Å². The van der Waals surface area contributed by atoms with E-state index < -0.39 is 0 Å². The molecule has 1 heterocycles. The van der Waals surface area contributed by atoms with Gasteiger partial charge < -0.3 is 10.2 Å². The summed E-state index contributed by atoms with van der Waals surface area (Å²) in [5.74, 6) is 0. The third-order valence-electron chi connectivity index (χ3n) is 3.03. The average Bonchev–Trinajstić information content (AvgIpc) is 2.19. The van der Waals surface area contributed by atoms with Crippen LogP contribution >= 0.6 is 0 Å². The molecule has 1 aliphatic rings. The summed E-state index contributed by atoms with van der Waals surface area (Å²) in [7, 11) is 2.21. The molecule has 3 nitrogen and oxygen atoms in total. The minimum Gasteiger partial charge on any atom is -0.315 e. The van der Waals surface area contributed by atoms with Crippen molar-refractivity contribution in [1.82, 2.24) is 15.1 Å². The molecule has 0 radical (unpaired) electrons. The van der Waals surface area contributed by atoms with Gasteiger partial charge in [0.1, 0.15) is 0 Å². The monoisotopic (exact) mass is 199 g/mol. The molecule has 1 aliphatic heterocycles. The van der Waals surface area contributed by atoms with E-state index in [1.165, 1.54) is 32.6 Å². The van der Waals surface area contributed by atoms with Crippen LogP contribution in [0, 0.1) is 0 Å². The number of hydrogen-bond donors (Lipinski definition) is 1. The summed E-state index contributed by atoms with van der Waals surface area (Å²) in [6.45, 7) is 11.7. The Morgan fingerprint density at radius 1 is 1.21 bits per heavy atom. The van der Waals surface area contributed by atoms with Gasteiger partial charge in [0, 0.05) is 38.8 Å². The van der Waals surface area contributed by atoms with Crippen molar-refractivity contribution in [3.8, 4) is 0 Å². The van der Waals surface area contributed by atoms with E-state index in [0.29, 0.717) is 6.04 Å². The van der Waals surface area contributed by atoms with Gasteiger partial charge in [-0.25, -0.2) is 0 Å². The summed E-state index contributed by atoms with van der Waals surface area (Å²) < 4.78 is 0. The zero-order chi connectivity index (χ0) is 10.4. The highest BCUT2D eigenvalue weighted by Crippen LogP contribution is 2.03. The van der Waals surface area contributed by atoms with Crippen molar-refractivity contribution in [3.05, 3.63) is 0 Å². The minimum atomic E-state index is 0.690. The first-order valence-corrected chi connectivity index (χ1v) is 5.87. The molecular weight excluding hydrogens is 174 g/mol. The van der Waals surface area contributed by atoms with Gasteiger partial charge in [-0.2, -0.15) is 0 Å². The molecule has 0 saturated carbocycles. The lowest BCUT2D eigenvalue weighted by atomic mass is 10.2. The van der Waals surface area contributed by atoms with Gasteiger partial charge in [0.25, 0.3) is 0 Å². The van der Waals surface area contributed by atoms with E-state index in [2.05, 4.69) is 36.0 Å². The van der Waals surface area contributed by atoms with Crippen LogP contribution in [0.4, 0.5) is 0 Å². The summed E-state index contributed by atoms with van der Waals surface area (Å²) in [6, 6.07) is 0.690. The molecule has 1 unspecified atom stereocenters. The zero-order valence-corrected chi connectivity index (χ0v) is 9.92. The summed E-state index contributed by atoms with van der Waals surface area (Å²) in [4.78, 5) is 4.99. The normalized spacial score (nSPS) is 22.5. The molecule has 0 aliphatic carbocycles. The van der Waals surface area contributed by atoms with Gasteiger partial charge in [0.2, 0.25) is 0 Å². The second-order valence-electron chi connectivity index (χ2n) is 4.39. The molecule has 84 valence electrons. The minimum absolute atomic E-state index is 0.690. The molecule has 0 aromatic carbocycles. The fourth-order valence-corrected chi connectivity index (χ4v) is 1.88. The van der Waals surface area contributed by atoms with E-state index in [1.807, 2.05) is 0 Å². The van der Waals surface area contributed by atoms with Crippen LogP contribution in [0.15, 0.2) is 0 Å². The van der Waals surface area contributed by atoms with Crippen LogP contribution < -0.4 is 5.32 Å². The zero-order valence-electron chi connectivity index (χ0n) is 9.92. The smallest absolute Gasteiger partial charge is 0.0193 e. The Balaban J connectivity index is 2.13. The summed E-state index contributed by atoms with van der Waals surface area (Å²) in [5.41, 5.74) is 0. The second-order valence-corrected chi connectivity index (χ2v) is 4.39. The van der Waals surface area contributed by atoms with Crippen LogP contribution in [-0.4, -0.2) is 62.2 Å². The maximum Gasteiger partial charge on any atom is 0.0193 e. The lowest BCUT2D eigenvalue weighted by Crippen LogP contribution is -2.50. The van der Waals surface area contributed by atoms with Crippen molar-refractivity contribution in [3.63, 3.8) is 0 Å². The molecule has 3 heteroatoms. The Morgan fingerprint density at radius 2 is 1.86 bits per heavy atom. The number of hydrogen-bond acceptors (Lipinski definition) is 3. The van der Waals surface area contributed by atoms with Gasteiger partial charge in [-0.1, -0.05) is 6.92 Å². The van der Waals surface area contributed by atoms with E-state index in [4.69, 9.17) is 0 Å². The van der Waals surface area contributed by atoms with Crippen LogP contribution in [0.3, 0.4) is 0 Å². The van der Waals surface area contributed by atoms with E-state index >= 15 is 0 Å². The number of nitrogens with one attached hydrogen (secondary N) is 1. The number of rotatable bonds is 5. The van der Waals surface area contributed by atoms with Crippen LogP contribution in [0.5, 0.6) is 0 Å². The van der Waals surface area contributed by atoms with Crippen molar-refractivity contribution in [2.24, 2.45) is 0 Å². The lowest BCUT2D eigenvalue weighted by Gasteiger charge is -2.36. The van der Waals surface area contributed by atoms with E-state index in [9.17, 15) is 0 Å². The molecule has 0 spiro atoms. The Kier molecular flexibility index (Phi) is 5.45. The molecule has 1 atom stereocenters. The molecule has 0 amide bonds. The van der Waals surface area contributed by atoms with Crippen LogP contribution in [0.25, 0.3) is 0 Å². The maximum atomic E-state index is 3.49. The lowest BCUT2D eigenvalue weighted by molar-refractivity contribution is 0.118. The maximum absolute atomic E-state index is 3.49. The van der Waals surface area contributed by atoms with Crippen molar-refractivity contribution in [1.29, 1.82) is 0 Å². The molecule has 0 bridgehead atoms. The predicted octanol–water partition coefficient (Wildman–Crippen LogP) is 0.622. The fraction of sp³-hybridized carbons (Fsp3) is 1.00. The van der Waals surface area contributed by atoms with E-state index in [0.717, 1.165) is 13.1 Å². The number of nitrogens with zero attached hydrogens (tertiary/aromatic N) is 2. The van der Waals surface area contributed by atoms with Gasteiger partial charge in [-0.15, -0.1) is 0 Å². The number of piperazine rings is 1. The van der Waals surface area contributed by atoms with Crippen molar-refractivity contribution < 1.29 is 0 Å². The molecule has 1 N–H and O–H groups in total. The standard InChI is InChI=1S/C11H25N3/c1-4-5-12-10-11(2)14-8-6-13(3)7-9-14/h11-12H,4-10H2,1-3H3. The third-order valence-corrected chi connectivity index (χ3v) is 3.03. The third kappa shape index (κ3) is 3.95. The van der Waals surface area contributed by atoms with Gasteiger partial charge in [0.05, 0.1) is 0 Å². The molecule has 1 fully saturated rings. The van der Waals surface area contributed by atoms with Crippen LogP contribution in [0.1, 0.15) is 20.3 Å². The SMILES string of the molecule is CCCNCC(C)N1CCN(C)CC1. The predicted molar refractivity (Wildman–Crippen MR) is 61.7 cm³/mol. The molecule has 0 aromatic heterocycles. The summed E-state index contributed by atoms with van der Waals surface area (Å²) >= 11 is 0. The first-order chi connectivity index (χ1) is 6.74. The van der Waals surface area contributed by atoms with Crippen LogP contribution in [-0.2, 0) is 0 Å². The molecule has 0 aromatic rings. The van der Waals surface area contributed by atoms with Gasteiger partial charge in [-0.05, 0) is 26.9 Å². The van der Waals surface area contributed by atoms with Crippen molar-refractivity contribution in [2.45, 2.75) is 26.3 Å². The van der Waals surface area contributed by atoms with Crippen molar-refractivity contribution >= 4 is 0 Å². The fourth-order valence-electron chi connectivity index (χ4n) is 1.88. The van der Waals surface area contributed by atoms with Gasteiger partial charge in [-0.3, -0.25) is 4.90 Å². The Morgan fingerprint density at radius 3 is 2.43 bits per heavy atom. The Labute approximate surface area is 88.5 Å². The summed E-state index contributed by atoms with van der Waals surface area (Å²) in [5, 5.41) is 3.49. The first-order valence-electron chi connectivity index (χ1n) is 5.87. The second kappa shape index (κ2) is 6.38. The highest BCUT2D eigenvalue weighted by molar-refractivity contribution is 4.75. The number of likely N-dealkylation sites (N-methyl/N-ethyl adjacent to an activating group) is 1. The molecule has 1 saturated heterocycles. The molecular formula is C11H25N3. The Hall–Kier alpha value is -0.120. The quantitative estimate of drug-likeness (QED) is 0.655. The first kappa shape index (κ1) is 12.0. The largest absolute Gasteiger partial charge is 0.315 e. The molecule has 14 heavy (non-hydrogen) atoms. The van der Waals surface area contributed by atoms with Gasteiger partial charge in [0.15, 0.2) is 0 Å². The summed E-state index contributed by atoms with van der Waals surface area (Å²) in [6.07, 6.45) is 1.23. The van der Waals surface area contributed by atoms with E-state index in [-0.39, 0.29) is 0 Å². The van der Waals surface area contributed by atoms with Gasteiger partial charge >= 0.3 is 0 Å². The van der Waals surface area contributed by atoms with E-state index in [1.54, 1.807) is 0 Å². The topological polar surface area (TPSA) is 18.5 Å². The average molecular weight is 199 g/mol. The highest BCUT2D eigenvalue weighted by atomic mass is 15.3. The molecule has 1 rings (SSSR count).